The molecule has 0 spiro atoms. The molecule has 3 heteroatoms. The third-order valence-electron chi connectivity index (χ3n) is 4.36. The maximum absolute atomic E-state index is 9.59. The molecule has 2 rings (SSSR count). The van der Waals surface area contributed by atoms with Crippen LogP contribution in [-0.2, 0) is 6.42 Å². The van der Waals surface area contributed by atoms with E-state index in [1.807, 2.05) is 12.1 Å². The number of hydrogen-bond acceptors (Lipinski definition) is 3. The fraction of sp³-hybridized carbons (Fsp3) is 0.625. The maximum Gasteiger partial charge on any atom is 0.115 e. The molecule has 0 bridgehead atoms. The number of piperidine rings is 1. The van der Waals surface area contributed by atoms with E-state index in [0.717, 1.165) is 31.0 Å². The Bertz CT molecular complexity index is 421. The lowest BCUT2D eigenvalue weighted by molar-refractivity contribution is 0.0641. The highest BCUT2D eigenvalue weighted by molar-refractivity contribution is 5.28. The topological polar surface area (TPSA) is 49.5 Å². The fourth-order valence-corrected chi connectivity index (χ4v) is 3.10. The van der Waals surface area contributed by atoms with Crippen LogP contribution >= 0.6 is 0 Å². The van der Waals surface area contributed by atoms with Crippen molar-refractivity contribution >= 4 is 0 Å². The summed E-state index contributed by atoms with van der Waals surface area (Å²) in [5.74, 6) is 1.09. The van der Waals surface area contributed by atoms with Gasteiger partial charge < -0.3 is 10.8 Å². The number of aromatic hydroxyl groups is 1. The summed E-state index contributed by atoms with van der Waals surface area (Å²) >= 11 is 0. The minimum atomic E-state index is -0.0114. The number of phenolic OH excluding ortho intramolecular Hbond substituents is 1. The van der Waals surface area contributed by atoms with E-state index in [1.165, 1.54) is 12.8 Å². The van der Waals surface area contributed by atoms with E-state index in [-0.39, 0.29) is 5.54 Å². The Kier molecular flexibility index (Phi) is 4.48. The van der Waals surface area contributed by atoms with Crippen LogP contribution in [0.3, 0.4) is 0 Å². The number of phenols is 1. The van der Waals surface area contributed by atoms with Crippen LogP contribution in [0.25, 0.3) is 0 Å². The van der Waals surface area contributed by atoms with Crippen molar-refractivity contribution < 1.29 is 5.11 Å². The second-order valence-electron chi connectivity index (χ2n) is 6.24. The monoisotopic (exact) mass is 262 g/mol. The first-order valence-corrected chi connectivity index (χ1v) is 7.26. The van der Waals surface area contributed by atoms with Gasteiger partial charge in [0.2, 0.25) is 0 Å². The first-order valence-electron chi connectivity index (χ1n) is 7.26. The van der Waals surface area contributed by atoms with Crippen LogP contribution in [0.4, 0.5) is 0 Å². The SMILES string of the molecule is CC1CCCN(C(C)(CN)Cc2cccc(O)c2)C1. The summed E-state index contributed by atoms with van der Waals surface area (Å²) in [5.41, 5.74) is 7.21. The molecule has 2 atom stereocenters. The normalized spacial score (nSPS) is 24.1. The highest BCUT2D eigenvalue weighted by atomic mass is 16.3. The fourth-order valence-electron chi connectivity index (χ4n) is 3.10. The van der Waals surface area contributed by atoms with E-state index in [2.05, 4.69) is 24.8 Å². The third-order valence-corrected chi connectivity index (χ3v) is 4.36. The van der Waals surface area contributed by atoms with Crippen molar-refractivity contribution in [1.82, 2.24) is 4.90 Å². The van der Waals surface area contributed by atoms with Crippen molar-refractivity contribution in [2.24, 2.45) is 11.7 Å². The van der Waals surface area contributed by atoms with Crippen LogP contribution in [0.15, 0.2) is 24.3 Å². The first-order chi connectivity index (χ1) is 9.03. The van der Waals surface area contributed by atoms with E-state index < -0.39 is 0 Å². The minimum absolute atomic E-state index is 0.0114. The van der Waals surface area contributed by atoms with E-state index in [0.29, 0.717) is 12.3 Å². The van der Waals surface area contributed by atoms with Gasteiger partial charge in [0.25, 0.3) is 0 Å². The molecule has 1 aromatic rings. The minimum Gasteiger partial charge on any atom is -0.508 e. The molecule has 1 aliphatic rings. The number of nitrogens with two attached hydrogens (primary N) is 1. The largest absolute Gasteiger partial charge is 0.508 e. The molecule has 0 aliphatic carbocycles. The molecule has 1 aliphatic heterocycles. The number of rotatable bonds is 4. The van der Waals surface area contributed by atoms with Crippen molar-refractivity contribution in [1.29, 1.82) is 0 Å². The van der Waals surface area contributed by atoms with Gasteiger partial charge in [-0.05, 0) is 56.3 Å². The van der Waals surface area contributed by atoms with Gasteiger partial charge in [-0.15, -0.1) is 0 Å². The highest BCUT2D eigenvalue weighted by Gasteiger charge is 2.33. The molecule has 19 heavy (non-hydrogen) atoms. The van der Waals surface area contributed by atoms with E-state index in [1.54, 1.807) is 6.07 Å². The van der Waals surface area contributed by atoms with Crippen LogP contribution in [0, 0.1) is 5.92 Å². The molecule has 0 amide bonds. The molecule has 1 fully saturated rings. The Morgan fingerprint density at radius 3 is 2.89 bits per heavy atom. The lowest BCUT2D eigenvalue weighted by atomic mass is 9.87. The molecule has 0 aromatic heterocycles. The lowest BCUT2D eigenvalue weighted by Gasteiger charge is -2.45. The number of nitrogens with zero attached hydrogens (tertiary/aromatic N) is 1. The van der Waals surface area contributed by atoms with E-state index >= 15 is 0 Å². The van der Waals surface area contributed by atoms with Gasteiger partial charge >= 0.3 is 0 Å². The number of benzene rings is 1. The Morgan fingerprint density at radius 2 is 2.26 bits per heavy atom. The molecule has 3 nitrogen and oxygen atoms in total. The molecule has 2 unspecified atom stereocenters. The molecule has 1 heterocycles. The first kappa shape index (κ1) is 14.4. The quantitative estimate of drug-likeness (QED) is 0.876. The Morgan fingerprint density at radius 1 is 1.47 bits per heavy atom. The molecule has 0 saturated carbocycles. The van der Waals surface area contributed by atoms with Crippen molar-refractivity contribution in [3.05, 3.63) is 29.8 Å². The van der Waals surface area contributed by atoms with Crippen LogP contribution < -0.4 is 5.73 Å². The average Bonchev–Trinajstić information content (AvgIpc) is 2.38. The zero-order chi connectivity index (χ0) is 13.9. The van der Waals surface area contributed by atoms with Crippen LogP contribution in [0.5, 0.6) is 5.75 Å². The molecule has 0 radical (unpaired) electrons. The zero-order valence-corrected chi connectivity index (χ0v) is 12.1. The maximum atomic E-state index is 9.59. The lowest BCUT2D eigenvalue weighted by Crippen LogP contribution is -2.56. The van der Waals surface area contributed by atoms with Gasteiger partial charge in [0.15, 0.2) is 0 Å². The zero-order valence-electron chi connectivity index (χ0n) is 12.1. The molecule has 106 valence electrons. The Balaban J connectivity index is 2.13. The Hall–Kier alpha value is -1.06. The van der Waals surface area contributed by atoms with Gasteiger partial charge in [-0.1, -0.05) is 19.1 Å². The highest BCUT2D eigenvalue weighted by Crippen LogP contribution is 2.27. The number of hydrogen-bond donors (Lipinski definition) is 2. The second-order valence-corrected chi connectivity index (χ2v) is 6.24. The summed E-state index contributed by atoms with van der Waals surface area (Å²) in [4.78, 5) is 2.53. The van der Waals surface area contributed by atoms with Crippen LogP contribution in [0.1, 0.15) is 32.3 Å². The predicted molar refractivity (Wildman–Crippen MR) is 79.2 cm³/mol. The van der Waals surface area contributed by atoms with Crippen molar-refractivity contribution in [3.63, 3.8) is 0 Å². The summed E-state index contributed by atoms with van der Waals surface area (Å²) < 4.78 is 0. The van der Waals surface area contributed by atoms with Gasteiger partial charge in [-0.3, -0.25) is 4.90 Å². The summed E-state index contributed by atoms with van der Waals surface area (Å²) in [6, 6.07) is 7.54. The molecular weight excluding hydrogens is 236 g/mol. The standard InChI is InChI=1S/C16H26N2O/c1-13-5-4-8-18(11-13)16(2,12-17)10-14-6-3-7-15(19)9-14/h3,6-7,9,13,19H,4-5,8,10-12,17H2,1-2H3. The molecule has 1 saturated heterocycles. The van der Waals surface area contributed by atoms with Gasteiger partial charge in [0.05, 0.1) is 0 Å². The van der Waals surface area contributed by atoms with Gasteiger partial charge in [-0.2, -0.15) is 0 Å². The van der Waals surface area contributed by atoms with Crippen LogP contribution in [-0.4, -0.2) is 35.2 Å². The molecule has 1 aromatic carbocycles. The van der Waals surface area contributed by atoms with E-state index in [9.17, 15) is 5.11 Å². The van der Waals surface area contributed by atoms with Crippen molar-refractivity contribution in [3.8, 4) is 5.75 Å². The smallest absolute Gasteiger partial charge is 0.115 e. The van der Waals surface area contributed by atoms with Gasteiger partial charge in [0.1, 0.15) is 5.75 Å². The van der Waals surface area contributed by atoms with E-state index in [4.69, 9.17) is 5.73 Å². The summed E-state index contributed by atoms with van der Waals surface area (Å²) in [5, 5.41) is 9.59. The molecule has 3 N–H and O–H groups in total. The molecular formula is C16H26N2O. The summed E-state index contributed by atoms with van der Waals surface area (Å²) in [6.45, 7) is 7.48. The summed E-state index contributed by atoms with van der Waals surface area (Å²) in [6.07, 6.45) is 3.48. The second kappa shape index (κ2) is 5.93. The van der Waals surface area contributed by atoms with Crippen molar-refractivity contribution in [2.45, 2.75) is 38.6 Å². The third kappa shape index (κ3) is 3.48. The predicted octanol–water partition coefficient (Wildman–Crippen LogP) is 2.38. The van der Waals surface area contributed by atoms with Crippen LogP contribution in [0.2, 0.25) is 0 Å². The number of likely N-dealkylation sites (tertiary alicyclic amines) is 1. The van der Waals surface area contributed by atoms with Gasteiger partial charge in [-0.25, -0.2) is 0 Å². The summed E-state index contributed by atoms with van der Waals surface area (Å²) in [7, 11) is 0. The average molecular weight is 262 g/mol. The Labute approximate surface area is 116 Å². The van der Waals surface area contributed by atoms with Gasteiger partial charge in [0, 0.05) is 18.6 Å². The van der Waals surface area contributed by atoms with Crippen molar-refractivity contribution in [2.75, 3.05) is 19.6 Å².